The number of rotatable bonds is 4. The Morgan fingerprint density at radius 3 is 2.64 bits per heavy atom. The first kappa shape index (κ1) is 11.1. The fourth-order valence-electron chi connectivity index (χ4n) is 1.63. The third kappa shape index (κ3) is 2.08. The van der Waals surface area contributed by atoms with Crippen molar-refractivity contribution in [1.82, 2.24) is 9.55 Å². The summed E-state index contributed by atoms with van der Waals surface area (Å²) in [5.74, 6) is 1.64. The van der Waals surface area contributed by atoms with Gasteiger partial charge in [-0.1, -0.05) is 20.3 Å². The van der Waals surface area contributed by atoms with E-state index in [2.05, 4.69) is 41.8 Å². The minimum atomic E-state index is 0.503. The Hall–Kier alpha value is -0.990. The van der Waals surface area contributed by atoms with Gasteiger partial charge in [0.05, 0.1) is 5.69 Å². The number of imidazole rings is 1. The molecule has 14 heavy (non-hydrogen) atoms. The van der Waals surface area contributed by atoms with Crippen molar-refractivity contribution in [1.29, 1.82) is 0 Å². The molecule has 0 aliphatic carbocycles. The summed E-state index contributed by atoms with van der Waals surface area (Å²) in [6.07, 6.45) is 3.31. The molecular formula is C11H21N3. The molecule has 1 aromatic rings. The molecule has 0 radical (unpaired) electrons. The third-order valence-corrected chi connectivity index (χ3v) is 2.98. The van der Waals surface area contributed by atoms with Crippen LogP contribution in [0.5, 0.6) is 0 Å². The molecule has 3 heteroatoms. The summed E-state index contributed by atoms with van der Waals surface area (Å²) < 4.78 is 2.23. The minimum absolute atomic E-state index is 0.503. The number of anilines is 1. The average Bonchev–Trinajstić information content (AvgIpc) is 2.57. The van der Waals surface area contributed by atoms with Crippen LogP contribution in [0.3, 0.4) is 0 Å². The van der Waals surface area contributed by atoms with Crippen molar-refractivity contribution < 1.29 is 0 Å². The molecule has 0 spiro atoms. The summed E-state index contributed by atoms with van der Waals surface area (Å²) in [5, 5.41) is 3.13. The van der Waals surface area contributed by atoms with Gasteiger partial charge in [-0.3, -0.25) is 0 Å². The van der Waals surface area contributed by atoms with Crippen LogP contribution in [0.4, 0.5) is 5.95 Å². The zero-order valence-electron chi connectivity index (χ0n) is 9.83. The van der Waals surface area contributed by atoms with Crippen LogP contribution in [0.1, 0.15) is 38.9 Å². The van der Waals surface area contributed by atoms with Crippen molar-refractivity contribution >= 4 is 5.95 Å². The van der Waals surface area contributed by atoms with Gasteiger partial charge < -0.3 is 9.88 Å². The SMILES string of the molecule is CCC(C)C(C)n1cc(C)nc1NC. The van der Waals surface area contributed by atoms with E-state index in [1.807, 2.05) is 14.0 Å². The summed E-state index contributed by atoms with van der Waals surface area (Å²) in [7, 11) is 1.92. The van der Waals surface area contributed by atoms with E-state index in [9.17, 15) is 0 Å². The van der Waals surface area contributed by atoms with Gasteiger partial charge in [-0.2, -0.15) is 0 Å². The molecule has 0 saturated carbocycles. The number of nitrogens with zero attached hydrogens (tertiary/aromatic N) is 2. The maximum Gasteiger partial charge on any atom is 0.203 e. The lowest BCUT2D eigenvalue weighted by molar-refractivity contribution is 0.373. The molecule has 0 aliphatic rings. The highest BCUT2D eigenvalue weighted by Crippen LogP contribution is 2.24. The van der Waals surface area contributed by atoms with Crippen LogP contribution >= 0.6 is 0 Å². The molecular weight excluding hydrogens is 174 g/mol. The number of hydrogen-bond donors (Lipinski definition) is 1. The van der Waals surface area contributed by atoms with Crippen molar-refractivity contribution in [2.75, 3.05) is 12.4 Å². The lowest BCUT2D eigenvalue weighted by Gasteiger charge is -2.21. The molecule has 0 fully saturated rings. The molecule has 0 aromatic carbocycles. The normalized spacial score (nSPS) is 15.2. The van der Waals surface area contributed by atoms with Crippen molar-refractivity contribution in [3.8, 4) is 0 Å². The minimum Gasteiger partial charge on any atom is -0.359 e. The predicted octanol–water partition coefficient (Wildman–Crippen LogP) is 2.84. The van der Waals surface area contributed by atoms with Crippen LogP contribution in [0, 0.1) is 12.8 Å². The van der Waals surface area contributed by atoms with Crippen LogP contribution in [0.25, 0.3) is 0 Å². The van der Waals surface area contributed by atoms with Crippen LogP contribution < -0.4 is 5.32 Å². The summed E-state index contributed by atoms with van der Waals surface area (Å²) in [5.41, 5.74) is 1.07. The van der Waals surface area contributed by atoms with Gasteiger partial charge in [-0.05, 0) is 19.8 Å². The van der Waals surface area contributed by atoms with E-state index in [-0.39, 0.29) is 0 Å². The van der Waals surface area contributed by atoms with E-state index in [0.29, 0.717) is 12.0 Å². The van der Waals surface area contributed by atoms with Gasteiger partial charge in [0.15, 0.2) is 0 Å². The monoisotopic (exact) mass is 195 g/mol. The van der Waals surface area contributed by atoms with E-state index in [0.717, 1.165) is 11.6 Å². The van der Waals surface area contributed by atoms with Gasteiger partial charge in [0.25, 0.3) is 0 Å². The molecule has 80 valence electrons. The van der Waals surface area contributed by atoms with Crippen LogP contribution in [0.2, 0.25) is 0 Å². The molecule has 1 rings (SSSR count). The van der Waals surface area contributed by atoms with Crippen molar-refractivity contribution in [3.63, 3.8) is 0 Å². The first-order chi connectivity index (χ1) is 6.60. The molecule has 3 nitrogen and oxygen atoms in total. The highest BCUT2D eigenvalue weighted by atomic mass is 15.2. The van der Waals surface area contributed by atoms with Gasteiger partial charge in [0.1, 0.15) is 0 Å². The summed E-state index contributed by atoms with van der Waals surface area (Å²) >= 11 is 0. The maximum atomic E-state index is 4.42. The van der Waals surface area contributed by atoms with E-state index in [1.165, 1.54) is 6.42 Å². The van der Waals surface area contributed by atoms with Crippen LogP contribution in [0.15, 0.2) is 6.20 Å². The highest BCUT2D eigenvalue weighted by Gasteiger charge is 2.15. The van der Waals surface area contributed by atoms with Crippen molar-refractivity contribution in [3.05, 3.63) is 11.9 Å². The average molecular weight is 195 g/mol. The molecule has 1 aromatic heterocycles. The van der Waals surface area contributed by atoms with E-state index >= 15 is 0 Å². The smallest absolute Gasteiger partial charge is 0.203 e. The molecule has 2 atom stereocenters. The Balaban J connectivity index is 2.93. The van der Waals surface area contributed by atoms with Crippen molar-refractivity contribution in [2.24, 2.45) is 5.92 Å². The molecule has 0 bridgehead atoms. The van der Waals surface area contributed by atoms with E-state index in [1.54, 1.807) is 0 Å². The zero-order valence-corrected chi connectivity index (χ0v) is 9.83. The summed E-state index contributed by atoms with van der Waals surface area (Å²) in [6.45, 7) is 8.78. The van der Waals surface area contributed by atoms with Crippen LogP contribution in [-0.2, 0) is 0 Å². The second kappa shape index (κ2) is 4.49. The molecule has 1 heterocycles. The lowest BCUT2D eigenvalue weighted by atomic mass is 10.0. The Kier molecular flexibility index (Phi) is 3.55. The fourth-order valence-corrected chi connectivity index (χ4v) is 1.63. The van der Waals surface area contributed by atoms with Gasteiger partial charge in [0.2, 0.25) is 5.95 Å². The largest absolute Gasteiger partial charge is 0.359 e. The van der Waals surface area contributed by atoms with Gasteiger partial charge >= 0.3 is 0 Å². The fraction of sp³-hybridized carbons (Fsp3) is 0.727. The first-order valence-electron chi connectivity index (χ1n) is 5.33. The van der Waals surface area contributed by atoms with E-state index < -0.39 is 0 Å². The Labute approximate surface area is 86.5 Å². The van der Waals surface area contributed by atoms with Gasteiger partial charge in [-0.25, -0.2) is 4.98 Å². The second-order valence-electron chi connectivity index (χ2n) is 3.99. The summed E-state index contributed by atoms with van der Waals surface area (Å²) in [4.78, 5) is 4.42. The first-order valence-corrected chi connectivity index (χ1v) is 5.33. The number of hydrogen-bond acceptors (Lipinski definition) is 2. The number of aromatic nitrogens is 2. The highest BCUT2D eigenvalue weighted by molar-refractivity contribution is 5.28. The van der Waals surface area contributed by atoms with Gasteiger partial charge in [-0.15, -0.1) is 0 Å². The molecule has 2 unspecified atom stereocenters. The molecule has 0 saturated heterocycles. The molecule has 0 aliphatic heterocycles. The third-order valence-electron chi connectivity index (χ3n) is 2.98. The predicted molar refractivity (Wildman–Crippen MR) is 60.7 cm³/mol. The number of aryl methyl sites for hydroxylation is 1. The Morgan fingerprint density at radius 2 is 2.14 bits per heavy atom. The molecule has 1 N–H and O–H groups in total. The Morgan fingerprint density at radius 1 is 1.50 bits per heavy atom. The quantitative estimate of drug-likeness (QED) is 0.800. The standard InChI is InChI=1S/C11H21N3/c1-6-8(2)10(4)14-7-9(3)13-11(14)12-5/h7-8,10H,6H2,1-5H3,(H,12,13). The zero-order chi connectivity index (χ0) is 10.7. The van der Waals surface area contributed by atoms with Crippen molar-refractivity contribution in [2.45, 2.75) is 40.2 Å². The maximum absolute atomic E-state index is 4.42. The lowest BCUT2D eigenvalue weighted by Crippen LogP contribution is -2.14. The van der Waals surface area contributed by atoms with E-state index in [4.69, 9.17) is 0 Å². The van der Waals surface area contributed by atoms with Gasteiger partial charge in [0, 0.05) is 19.3 Å². The summed E-state index contributed by atoms with van der Waals surface area (Å²) in [6, 6.07) is 0.503. The Bertz CT molecular complexity index is 291. The second-order valence-corrected chi connectivity index (χ2v) is 3.99. The topological polar surface area (TPSA) is 29.9 Å². The number of nitrogens with one attached hydrogen (secondary N) is 1. The molecule has 0 amide bonds. The van der Waals surface area contributed by atoms with Crippen LogP contribution in [-0.4, -0.2) is 16.6 Å².